The van der Waals surface area contributed by atoms with Crippen LogP contribution in [0.15, 0.2) is 0 Å². The summed E-state index contributed by atoms with van der Waals surface area (Å²) in [6.07, 6.45) is 5.30. The van der Waals surface area contributed by atoms with E-state index >= 15 is 0 Å². The van der Waals surface area contributed by atoms with Crippen LogP contribution in [0, 0.1) is 0 Å². The Morgan fingerprint density at radius 1 is 1.06 bits per heavy atom. The molecule has 0 aliphatic carbocycles. The van der Waals surface area contributed by atoms with Crippen molar-refractivity contribution in [2.24, 2.45) is 0 Å². The molecule has 0 heterocycles. The quantitative estimate of drug-likeness (QED) is 0.550. The Balaban J connectivity index is 3.44. The van der Waals surface area contributed by atoms with E-state index in [2.05, 4.69) is 24.1 Å². The monoisotopic (exact) mass is 230 g/mol. The van der Waals surface area contributed by atoms with Crippen LogP contribution in [0.2, 0.25) is 0 Å². The highest BCUT2D eigenvalue weighted by atomic mass is 16.5. The third-order valence-electron chi connectivity index (χ3n) is 2.94. The van der Waals surface area contributed by atoms with Crippen LogP contribution in [-0.2, 0) is 4.74 Å². The molecule has 0 rings (SSSR count). The van der Waals surface area contributed by atoms with Crippen molar-refractivity contribution in [1.82, 2.24) is 10.2 Å². The summed E-state index contributed by atoms with van der Waals surface area (Å²) in [5.41, 5.74) is 0. The second-order valence-corrected chi connectivity index (χ2v) is 4.64. The predicted molar refractivity (Wildman–Crippen MR) is 71.0 cm³/mol. The topological polar surface area (TPSA) is 24.5 Å². The largest absolute Gasteiger partial charge is 0.383 e. The van der Waals surface area contributed by atoms with Crippen LogP contribution in [0.25, 0.3) is 0 Å². The molecule has 0 bridgehead atoms. The van der Waals surface area contributed by atoms with Gasteiger partial charge in [0.2, 0.25) is 0 Å². The highest BCUT2D eigenvalue weighted by molar-refractivity contribution is 4.62. The fourth-order valence-electron chi connectivity index (χ4n) is 1.81. The molecule has 0 saturated heterocycles. The molecule has 0 spiro atoms. The molecule has 3 nitrogen and oxygen atoms in total. The van der Waals surface area contributed by atoms with E-state index in [-0.39, 0.29) is 0 Å². The molecule has 98 valence electrons. The minimum absolute atomic E-state index is 0.632. The van der Waals surface area contributed by atoms with Crippen LogP contribution < -0.4 is 5.32 Å². The number of nitrogens with zero attached hydrogens (tertiary/aromatic N) is 1. The molecule has 16 heavy (non-hydrogen) atoms. The fraction of sp³-hybridized carbons (Fsp3) is 1.00. The zero-order valence-corrected chi connectivity index (χ0v) is 11.6. The first kappa shape index (κ1) is 15.9. The van der Waals surface area contributed by atoms with E-state index in [1.807, 2.05) is 7.05 Å². The third kappa shape index (κ3) is 9.13. The summed E-state index contributed by atoms with van der Waals surface area (Å²) < 4.78 is 5.13. The van der Waals surface area contributed by atoms with Gasteiger partial charge in [-0.25, -0.2) is 0 Å². The second kappa shape index (κ2) is 11.4. The first-order chi connectivity index (χ1) is 7.72. The normalized spacial score (nSPS) is 11.6. The molecule has 0 aromatic carbocycles. The van der Waals surface area contributed by atoms with Crippen molar-refractivity contribution in [3.63, 3.8) is 0 Å². The maximum Gasteiger partial charge on any atom is 0.0589 e. The molecule has 0 amide bonds. The lowest BCUT2D eigenvalue weighted by Crippen LogP contribution is -2.34. The number of rotatable bonds is 11. The van der Waals surface area contributed by atoms with E-state index in [4.69, 9.17) is 4.74 Å². The van der Waals surface area contributed by atoms with Gasteiger partial charge in [0.15, 0.2) is 0 Å². The molecule has 0 fully saturated rings. The summed E-state index contributed by atoms with van der Waals surface area (Å²) in [6.45, 7) is 8.79. The molecule has 0 aliphatic rings. The van der Waals surface area contributed by atoms with Gasteiger partial charge in [0.1, 0.15) is 0 Å². The smallest absolute Gasteiger partial charge is 0.0589 e. The number of ether oxygens (including phenoxy) is 1. The minimum Gasteiger partial charge on any atom is -0.383 e. The van der Waals surface area contributed by atoms with Gasteiger partial charge in [-0.15, -0.1) is 0 Å². The first-order valence-electron chi connectivity index (χ1n) is 6.60. The van der Waals surface area contributed by atoms with Gasteiger partial charge >= 0.3 is 0 Å². The maximum absolute atomic E-state index is 5.13. The van der Waals surface area contributed by atoms with Crippen LogP contribution >= 0.6 is 0 Å². The molecule has 0 aromatic rings. The number of hydrogen-bond donors (Lipinski definition) is 1. The SMILES string of the molecule is CNCCCCCCN(CCOC)C(C)C. The Hall–Kier alpha value is -0.120. The molecule has 0 atom stereocenters. The first-order valence-corrected chi connectivity index (χ1v) is 6.60. The summed E-state index contributed by atoms with van der Waals surface area (Å²) >= 11 is 0. The summed E-state index contributed by atoms with van der Waals surface area (Å²) in [5.74, 6) is 0. The molecule has 1 N–H and O–H groups in total. The number of unbranched alkanes of at least 4 members (excludes halogenated alkanes) is 3. The molecular weight excluding hydrogens is 200 g/mol. The van der Waals surface area contributed by atoms with Gasteiger partial charge in [0.05, 0.1) is 6.61 Å². The summed E-state index contributed by atoms with van der Waals surface area (Å²) in [4.78, 5) is 2.50. The molecule has 0 radical (unpaired) electrons. The fourth-order valence-corrected chi connectivity index (χ4v) is 1.81. The average molecular weight is 230 g/mol. The van der Waals surface area contributed by atoms with Gasteiger partial charge in [-0.3, -0.25) is 4.90 Å². The van der Waals surface area contributed by atoms with Crippen LogP contribution in [0.1, 0.15) is 39.5 Å². The highest BCUT2D eigenvalue weighted by Gasteiger charge is 2.07. The van der Waals surface area contributed by atoms with E-state index in [0.29, 0.717) is 6.04 Å². The van der Waals surface area contributed by atoms with E-state index in [1.165, 1.54) is 32.2 Å². The van der Waals surface area contributed by atoms with E-state index in [9.17, 15) is 0 Å². The van der Waals surface area contributed by atoms with Crippen molar-refractivity contribution in [2.75, 3.05) is 40.4 Å². The predicted octanol–water partition coefficient (Wildman–Crippen LogP) is 2.12. The second-order valence-electron chi connectivity index (χ2n) is 4.64. The van der Waals surface area contributed by atoms with Gasteiger partial charge in [0, 0.05) is 19.7 Å². The number of methoxy groups -OCH3 is 1. The highest BCUT2D eigenvalue weighted by Crippen LogP contribution is 2.04. The minimum atomic E-state index is 0.632. The third-order valence-corrected chi connectivity index (χ3v) is 2.94. The zero-order chi connectivity index (χ0) is 12.2. The van der Waals surface area contributed by atoms with Crippen molar-refractivity contribution >= 4 is 0 Å². The standard InChI is InChI=1S/C13H30N2O/c1-13(2)15(11-12-16-4)10-8-6-5-7-9-14-3/h13-14H,5-12H2,1-4H3. The molecule has 0 aromatic heterocycles. The lowest BCUT2D eigenvalue weighted by Gasteiger charge is -2.26. The Kier molecular flexibility index (Phi) is 11.3. The van der Waals surface area contributed by atoms with Crippen LogP contribution in [0.4, 0.5) is 0 Å². The average Bonchev–Trinajstić information content (AvgIpc) is 2.26. The molecule has 0 saturated carbocycles. The molecule has 0 unspecified atom stereocenters. The molecular formula is C13H30N2O. The maximum atomic E-state index is 5.13. The lowest BCUT2D eigenvalue weighted by atomic mass is 10.1. The molecule has 3 heteroatoms. The van der Waals surface area contributed by atoms with Crippen molar-refractivity contribution in [1.29, 1.82) is 0 Å². The summed E-state index contributed by atoms with van der Waals surface area (Å²) in [6, 6.07) is 0.632. The number of hydrogen-bond acceptors (Lipinski definition) is 3. The van der Waals surface area contributed by atoms with Gasteiger partial charge in [0.25, 0.3) is 0 Å². The lowest BCUT2D eigenvalue weighted by molar-refractivity contribution is 0.128. The van der Waals surface area contributed by atoms with Crippen LogP contribution in [0.5, 0.6) is 0 Å². The molecule has 0 aliphatic heterocycles. The van der Waals surface area contributed by atoms with Crippen molar-refractivity contribution in [3.8, 4) is 0 Å². The Morgan fingerprint density at radius 3 is 2.31 bits per heavy atom. The van der Waals surface area contributed by atoms with Crippen molar-refractivity contribution in [2.45, 2.75) is 45.6 Å². The Labute approximate surface area is 102 Å². The van der Waals surface area contributed by atoms with Gasteiger partial charge in [-0.2, -0.15) is 0 Å². The van der Waals surface area contributed by atoms with Gasteiger partial charge in [-0.05, 0) is 46.8 Å². The summed E-state index contributed by atoms with van der Waals surface area (Å²) in [5, 5.41) is 3.19. The van der Waals surface area contributed by atoms with Crippen molar-refractivity contribution in [3.05, 3.63) is 0 Å². The van der Waals surface area contributed by atoms with Gasteiger partial charge in [-0.1, -0.05) is 12.8 Å². The summed E-state index contributed by atoms with van der Waals surface area (Å²) in [7, 11) is 3.79. The van der Waals surface area contributed by atoms with E-state index in [0.717, 1.165) is 19.7 Å². The zero-order valence-electron chi connectivity index (χ0n) is 11.6. The van der Waals surface area contributed by atoms with E-state index < -0.39 is 0 Å². The number of nitrogens with one attached hydrogen (secondary N) is 1. The van der Waals surface area contributed by atoms with E-state index in [1.54, 1.807) is 7.11 Å². The Morgan fingerprint density at radius 2 is 1.75 bits per heavy atom. The van der Waals surface area contributed by atoms with Crippen molar-refractivity contribution < 1.29 is 4.74 Å². The van der Waals surface area contributed by atoms with Gasteiger partial charge < -0.3 is 10.1 Å². The Bertz CT molecular complexity index is 140. The van der Waals surface area contributed by atoms with Crippen LogP contribution in [-0.4, -0.2) is 51.3 Å². The van der Waals surface area contributed by atoms with Crippen LogP contribution in [0.3, 0.4) is 0 Å².